The van der Waals surface area contributed by atoms with Crippen molar-refractivity contribution in [3.05, 3.63) is 66.4 Å². The Morgan fingerprint density at radius 3 is 2.75 bits per heavy atom. The predicted octanol–water partition coefficient (Wildman–Crippen LogP) is 4.65. The summed E-state index contributed by atoms with van der Waals surface area (Å²) in [5.74, 6) is -0.00199. The van der Waals surface area contributed by atoms with Crippen molar-refractivity contribution in [1.82, 2.24) is 29.5 Å². The molecular formula is C23H20FN7O. The molecule has 0 aromatic carbocycles. The minimum atomic E-state index is -0.526. The van der Waals surface area contributed by atoms with Crippen LogP contribution in [-0.2, 0) is 0 Å². The molecule has 0 unspecified atom stereocenters. The molecule has 5 heterocycles. The van der Waals surface area contributed by atoms with Crippen molar-refractivity contribution in [2.45, 2.75) is 26.8 Å². The van der Waals surface area contributed by atoms with Gasteiger partial charge in [0.2, 0.25) is 0 Å². The Labute approximate surface area is 182 Å². The van der Waals surface area contributed by atoms with Crippen molar-refractivity contribution in [1.29, 1.82) is 0 Å². The predicted molar refractivity (Wildman–Crippen MR) is 120 cm³/mol. The van der Waals surface area contributed by atoms with Crippen molar-refractivity contribution in [3.8, 4) is 11.3 Å². The van der Waals surface area contributed by atoms with Crippen molar-refractivity contribution in [2.75, 3.05) is 5.32 Å². The molecule has 0 atom stereocenters. The third-order valence-corrected chi connectivity index (χ3v) is 5.30. The van der Waals surface area contributed by atoms with Gasteiger partial charge in [-0.2, -0.15) is 0 Å². The SMILES string of the molecule is Cc1nc2cnc(-c3c[nH]c4ncc(C(=O)Nc5cncc(F)c5)cc34)cc2n1C(C)C. The Morgan fingerprint density at radius 1 is 1.12 bits per heavy atom. The van der Waals surface area contributed by atoms with E-state index in [1.165, 1.54) is 18.5 Å². The molecule has 5 aromatic rings. The van der Waals surface area contributed by atoms with E-state index in [0.29, 0.717) is 11.2 Å². The Kier molecular flexibility index (Phi) is 4.66. The lowest BCUT2D eigenvalue weighted by atomic mass is 10.1. The van der Waals surface area contributed by atoms with Gasteiger partial charge in [-0.15, -0.1) is 0 Å². The molecule has 32 heavy (non-hydrogen) atoms. The number of fused-ring (bicyclic) bond motifs is 2. The van der Waals surface area contributed by atoms with E-state index < -0.39 is 11.7 Å². The largest absolute Gasteiger partial charge is 0.345 e. The molecule has 0 aliphatic rings. The Balaban J connectivity index is 1.55. The highest BCUT2D eigenvalue weighted by molar-refractivity contribution is 6.07. The number of aromatic nitrogens is 6. The van der Waals surface area contributed by atoms with Crippen LogP contribution < -0.4 is 5.32 Å². The number of rotatable bonds is 4. The summed E-state index contributed by atoms with van der Waals surface area (Å²) in [4.78, 5) is 33.1. The van der Waals surface area contributed by atoms with Gasteiger partial charge in [-0.3, -0.25) is 14.8 Å². The van der Waals surface area contributed by atoms with Crippen LogP contribution in [0.5, 0.6) is 0 Å². The molecule has 2 N–H and O–H groups in total. The molecule has 8 nitrogen and oxygen atoms in total. The molecule has 0 spiro atoms. The Morgan fingerprint density at radius 2 is 1.97 bits per heavy atom. The van der Waals surface area contributed by atoms with Crippen LogP contribution in [0.2, 0.25) is 0 Å². The molecule has 5 aromatic heterocycles. The standard InChI is InChI=1S/C23H20FN7O/c1-12(2)31-13(3)29-20-11-26-19(6-21(20)31)18-10-28-22-17(18)4-14(7-27-22)23(32)30-16-5-15(24)8-25-9-16/h4-12H,1-3H3,(H,27,28)(H,30,32). The molecule has 5 rings (SSSR count). The van der Waals surface area contributed by atoms with Gasteiger partial charge in [0, 0.05) is 35.5 Å². The Bertz CT molecular complexity index is 1480. The van der Waals surface area contributed by atoms with E-state index in [1.54, 1.807) is 12.3 Å². The zero-order valence-electron chi connectivity index (χ0n) is 17.7. The number of H-pyrrole nitrogens is 1. The van der Waals surface area contributed by atoms with Gasteiger partial charge in [0.15, 0.2) is 0 Å². The first-order chi connectivity index (χ1) is 15.4. The number of carbonyl (C=O) groups excluding carboxylic acids is 1. The van der Waals surface area contributed by atoms with Crippen LogP contribution in [0.15, 0.2) is 49.2 Å². The second-order valence-corrected chi connectivity index (χ2v) is 7.85. The number of aromatic amines is 1. The zero-order valence-corrected chi connectivity index (χ0v) is 17.7. The number of nitrogens with zero attached hydrogens (tertiary/aromatic N) is 5. The van der Waals surface area contributed by atoms with Crippen molar-refractivity contribution < 1.29 is 9.18 Å². The number of amides is 1. The molecule has 0 saturated heterocycles. The lowest BCUT2D eigenvalue weighted by molar-refractivity contribution is 0.102. The fourth-order valence-corrected chi connectivity index (χ4v) is 3.94. The van der Waals surface area contributed by atoms with Gasteiger partial charge < -0.3 is 14.9 Å². The van der Waals surface area contributed by atoms with E-state index in [0.717, 1.165) is 39.7 Å². The third kappa shape index (κ3) is 3.37. The number of imidazole rings is 1. The number of anilines is 1. The lowest BCUT2D eigenvalue weighted by Gasteiger charge is -2.11. The van der Waals surface area contributed by atoms with Crippen molar-refractivity contribution in [2.24, 2.45) is 0 Å². The maximum atomic E-state index is 13.4. The topological polar surface area (TPSA) is 101 Å². The van der Waals surface area contributed by atoms with Crippen molar-refractivity contribution in [3.63, 3.8) is 0 Å². The summed E-state index contributed by atoms with van der Waals surface area (Å²) in [6.45, 7) is 6.21. The number of hydrogen-bond donors (Lipinski definition) is 2. The summed E-state index contributed by atoms with van der Waals surface area (Å²) in [6, 6.07) is 5.21. The quantitative estimate of drug-likeness (QED) is 0.433. The maximum absolute atomic E-state index is 13.4. The highest BCUT2D eigenvalue weighted by atomic mass is 19.1. The molecule has 1 amide bonds. The molecule has 160 valence electrons. The van der Waals surface area contributed by atoms with Gasteiger partial charge in [0.1, 0.15) is 22.8 Å². The number of nitrogens with one attached hydrogen (secondary N) is 2. The first-order valence-electron chi connectivity index (χ1n) is 10.1. The van der Waals surface area contributed by atoms with E-state index >= 15 is 0 Å². The number of carbonyl (C=O) groups is 1. The minimum absolute atomic E-state index is 0.257. The minimum Gasteiger partial charge on any atom is -0.345 e. The third-order valence-electron chi connectivity index (χ3n) is 5.30. The summed E-state index contributed by atoms with van der Waals surface area (Å²) >= 11 is 0. The van der Waals surface area contributed by atoms with E-state index in [4.69, 9.17) is 0 Å². The van der Waals surface area contributed by atoms with Crippen LogP contribution in [0.25, 0.3) is 33.3 Å². The summed E-state index contributed by atoms with van der Waals surface area (Å²) < 4.78 is 15.5. The molecule has 0 aliphatic heterocycles. The maximum Gasteiger partial charge on any atom is 0.257 e. The second kappa shape index (κ2) is 7.52. The average Bonchev–Trinajstić information content (AvgIpc) is 3.32. The van der Waals surface area contributed by atoms with E-state index in [2.05, 4.69) is 48.7 Å². The van der Waals surface area contributed by atoms with Gasteiger partial charge in [-0.1, -0.05) is 0 Å². The fraction of sp³-hybridized carbons (Fsp3) is 0.174. The summed E-state index contributed by atoms with van der Waals surface area (Å²) in [5, 5.41) is 3.40. The number of aryl methyl sites for hydroxylation is 1. The summed E-state index contributed by atoms with van der Waals surface area (Å²) in [7, 11) is 0. The Hall–Kier alpha value is -4.14. The molecule has 0 saturated carbocycles. The van der Waals surface area contributed by atoms with Crippen LogP contribution >= 0.6 is 0 Å². The van der Waals surface area contributed by atoms with Crippen LogP contribution in [0.4, 0.5) is 10.1 Å². The van der Waals surface area contributed by atoms with Gasteiger partial charge in [0.05, 0.1) is 41.1 Å². The first kappa shape index (κ1) is 19.8. The normalized spacial score (nSPS) is 11.5. The van der Waals surface area contributed by atoms with Gasteiger partial charge >= 0.3 is 0 Å². The molecule has 0 radical (unpaired) electrons. The molecular weight excluding hydrogens is 409 g/mol. The van der Waals surface area contributed by atoms with Gasteiger partial charge in [0.25, 0.3) is 5.91 Å². The number of pyridine rings is 3. The molecule has 0 aliphatic carbocycles. The fourth-order valence-electron chi connectivity index (χ4n) is 3.94. The smallest absolute Gasteiger partial charge is 0.257 e. The zero-order chi connectivity index (χ0) is 22.4. The number of hydrogen-bond acceptors (Lipinski definition) is 5. The van der Waals surface area contributed by atoms with E-state index in [9.17, 15) is 9.18 Å². The summed E-state index contributed by atoms with van der Waals surface area (Å²) in [5.41, 5.74) is 4.66. The average molecular weight is 429 g/mol. The van der Waals surface area contributed by atoms with E-state index in [1.807, 2.05) is 19.2 Å². The highest BCUT2D eigenvalue weighted by Gasteiger charge is 2.16. The first-order valence-corrected chi connectivity index (χ1v) is 10.1. The molecule has 0 fully saturated rings. The molecule has 9 heteroatoms. The van der Waals surface area contributed by atoms with Crippen LogP contribution in [0.3, 0.4) is 0 Å². The van der Waals surface area contributed by atoms with E-state index in [-0.39, 0.29) is 11.7 Å². The van der Waals surface area contributed by atoms with Crippen LogP contribution in [0.1, 0.15) is 36.1 Å². The molecule has 0 bridgehead atoms. The second-order valence-electron chi connectivity index (χ2n) is 7.85. The highest BCUT2D eigenvalue weighted by Crippen LogP contribution is 2.30. The van der Waals surface area contributed by atoms with Crippen LogP contribution in [0, 0.1) is 12.7 Å². The van der Waals surface area contributed by atoms with Crippen molar-refractivity contribution >= 4 is 33.7 Å². The van der Waals surface area contributed by atoms with Gasteiger partial charge in [-0.05, 0) is 32.9 Å². The van der Waals surface area contributed by atoms with Gasteiger partial charge in [-0.25, -0.2) is 14.4 Å². The monoisotopic (exact) mass is 429 g/mol. The summed E-state index contributed by atoms with van der Waals surface area (Å²) in [6.07, 6.45) is 7.52. The number of halogens is 1. The van der Waals surface area contributed by atoms with Crippen LogP contribution in [-0.4, -0.2) is 35.4 Å². The lowest BCUT2D eigenvalue weighted by Crippen LogP contribution is -2.12.